The minimum atomic E-state index is -0.878. The molecule has 0 spiro atoms. The maximum atomic E-state index is 12.5. The van der Waals surface area contributed by atoms with E-state index in [1.54, 1.807) is 11.9 Å². The summed E-state index contributed by atoms with van der Waals surface area (Å²) in [6, 6.07) is 0. The molecule has 2 N–H and O–H groups in total. The summed E-state index contributed by atoms with van der Waals surface area (Å²) in [6.45, 7) is 1.04. The highest BCUT2D eigenvalue weighted by Crippen LogP contribution is 2.42. The maximum absolute atomic E-state index is 12.5. The van der Waals surface area contributed by atoms with Crippen LogP contribution in [0.5, 0.6) is 0 Å². The highest BCUT2D eigenvalue weighted by Gasteiger charge is 2.44. The SMILES string of the molecule is CNC(=O)C1CCCN(C(=O)CC2(C(=O)O)CCCC2)C1. The molecule has 1 atom stereocenters. The lowest BCUT2D eigenvalue weighted by atomic mass is 9.82. The maximum Gasteiger partial charge on any atom is 0.310 e. The van der Waals surface area contributed by atoms with E-state index in [0.717, 1.165) is 25.7 Å². The van der Waals surface area contributed by atoms with Gasteiger partial charge in [0.05, 0.1) is 11.3 Å². The third kappa shape index (κ3) is 3.36. The van der Waals surface area contributed by atoms with Gasteiger partial charge in [0.15, 0.2) is 0 Å². The summed E-state index contributed by atoms with van der Waals surface area (Å²) >= 11 is 0. The molecule has 21 heavy (non-hydrogen) atoms. The van der Waals surface area contributed by atoms with Gasteiger partial charge in [0.2, 0.25) is 11.8 Å². The molecular formula is C15H24N2O4. The van der Waals surface area contributed by atoms with Crippen LogP contribution in [-0.2, 0) is 14.4 Å². The first-order chi connectivity index (χ1) is 9.98. The smallest absolute Gasteiger partial charge is 0.310 e. The largest absolute Gasteiger partial charge is 0.481 e. The molecule has 6 heteroatoms. The van der Waals surface area contributed by atoms with Crippen molar-refractivity contribution in [3.8, 4) is 0 Å². The fraction of sp³-hybridized carbons (Fsp3) is 0.800. The van der Waals surface area contributed by atoms with E-state index in [-0.39, 0.29) is 24.2 Å². The van der Waals surface area contributed by atoms with Gasteiger partial charge in [0.25, 0.3) is 0 Å². The zero-order valence-corrected chi connectivity index (χ0v) is 12.6. The number of nitrogens with zero attached hydrogens (tertiary/aromatic N) is 1. The molecule has 1 aliphatic heterocycles. The van der Waals surface area contributed by atoms with Gasteiger partial charge in [-0.25, -0.2) is 0 Å². The molecule has 0 aromatic rings. The zero-order chi connectivity index (χ0) is 15.5. The van der Waals surface area contributed by atoms with Crippen LogP contribution in [-0.4, -0.2) is 47.9 Å². The monoisotopic (exact) mass is 296 g/mol. The van der Waals surface area contributed by atoms with Gasteiger partial charge in [-0.15, -0.1) is 0 Å². The number of carboxylic acid groups (broad SMARTS) is 1. The average molecular weight is 296 g/mol. The van der Waals surface area contributed by atoms with Crippen molar-refractivity contribution in [3.63, 3.8) is 0 Å². The first-order valence-corrected chi connectivity index (χ1v) is 7.71. The van der Waals surface area contributed by atoms with Crippen LogP contribution in [0.15, 0.2) is 0 Å². The van der Waals surface area contributed by atoms with Crippen LogP contribution in [0.4, 0.5) is 0 Å². The van der Waals surface area contributed by atoms with E-state index in [0.29, 0.717) is 25.9 Å². The van der Waals surface area contributed by atoms with Crippen LogP contribution < -0.4 is 5.32 Å². The van der Waals surface area contributed by atoms with Crippen molar-refractivity contribution < 1.29 is 19.5 Å². The molecule has 1 aliphatic carbocycles. The van der Waals surface area contributed by atoms with Gasteiger partial charge in [0.1, 0.15) is 0 Å². The molecule has 0 aromatic heterocycles. The lowest BCUT2D eigenvalue weighted by molar-refractivity contribution is -0.154. The van der Waals surface area contributed by atoms with Gasteiger partial charge < -0.3 is 15.3 Å². The molecule has 2 rings (SSSR count). The Hall–Kier alpha value is -1.59. The Morgan fingerprint density at radius 1 is 1.24 bits per heavy atom. The standard InChI is InChI=1S/C15H24N2O4/c1-16-13(19)11-5-4-8-17(10-11)12(18)9-15(14(20)21)6-2-3-7-15/h11H,2-10H2,1H3,(H,16,19)(H,20,21). The van der Waals surface area contributed by atoms with Gasteiger partial charge in [-0.2, -0.15) is 0 Å². The fourth-order valence-corrected chi connectivity index (χ4v) is 3.54. The molecule has 2 fully saturated rings. The molecule has 1 saturated carbocycles. The van der Waals surface area contributed by atoms with Crippen LogP contribution in [0.3, 0.4) is 0 Å². The fourth-order valence-electron chi connectivity index (χ4n) is 3.54. The van der Waals surface area contributed by atoms with Crippen molar-refractivity contribution in [2.45, 2.75) is 44.9 Å². The number of rotatable bonds is 4. The number of aliphatic carboxylic acids is 1. The minimum absolute atomic E-state index is 0.0404. The topological polar surface area (TPSA) is 86.7 Å². The molecule has 1 heterocycles. The van der Waals surface area contributed by atoms with Gasteiger partial charge in [-0.05, 0) is 25.7 Å². The Kier molecular flexibility index (Phi) is 4.85. The molecule has 0 aromatic carbocycles. The molecule has 6 nitrogen and oxygen atoms in total. The summed E-state index contributed by atoms with van der Waals surface area (Å²) in [4.78, 5) is 37.4. The molecular weight excluding hydrogens is 272 g/mol. The first-order valence-electron chi connectivity index (χ1n) is 7.71. The summed E-state index contributed by atoms with van der Waals surface area (Å²) in [5.74, 6) is -1.18. The molecule has 2 amide bonds. The second-order valence-electron chi connectivity index (χ2n) is 6.26. The van der Waals surface area contributed by atoms with E-state index in [1.807, 2.05) is 0 Å². The van der Waals surface area contributed by atoms with Gasteiger partial charge in [-0.1, -0.05) is 12.8 Å². The third-order valence-electron chi connectivity index (χ3n) is 4.90. The number of carboxylic acids is 1. The molecule has 0 bridgehead atoms. The van der Waals surface area contributed by atoms with Crippen molar-refractivity contribution in [2.75, 3.05) is 20.1 Å². The summed E-state index contributed by atoms with van der Waals surface area (Å²) in [5.41, 5.74) is -0.878. The predicted octanol–water partition coefficient (Wildman–Crippen LogP) is 1.01. The minimum Gasteiger partial charge on any atom is -0.481 e. The van der Waals surface area contributed by atoms with Crippen molar-refractivity contribution >= 4 is 17.8 Å². The zero-order valence-electron chi connectivity index (χ0n) is 12.6. The Balaban J connectivity index is 1.99. The number of hydrogen-bond acceptors (Lipinski definition) is 3. The molecule has 0 radical (unpaired) electrons. The molecule has 1 unspecified atom stereocenters. The summed E-state index contributed by atoms with van der Waals surface area (Å²) in [7, 11) is 1.60. The Morgan fingerprint density at radius 3 is 2.48 bits per heavy atom. The van der Waals surface area contributed by atoms with Gasteiger partial charge in [-0.3, -0.25) is 14.4 Å². The number of nitrogens with one attached hydrogen (secondary N) is 1. The summed E-state index contributed by atoms with van der Waals surface area (Å²) < 4.78 is 0. The van der Waals surface area contributed by atoms with Crippen LogP contribution >= 0.6 is 0 Å². The van der Waals surface area contributed by atoms with E-state index in [1.165, 1.54) is 0 Å². The highest BCUT2D eigenvalue weighted by molar-refractivity contribution is 5.86. The van der Waals surface area contributed by atoms with Crippen LogP contribution in [0, 0.1) is 11.3 Å². The summed E-state index contributed by atoms with van der Waals surface area (Å²) in [5, 5.41) is 12.1. The Labute approximate surface area is 124 Å². The van der Waals surface area contributed by atoms with Crippen molar-refractivity contribution in [1.82, 2.24) is 10.2 Å². The quantitative estimate of drug-likeness (QED) is 0.810. The average Bonchev–Trinajstić information content (AvgIpc) is 2.96. The van der Waals surface area contributed by atoms with Crippen molar-refractivity contribution in [1.29, 1.82) is 0 Å². The predicted molar refractivity (Wildman–Crippen MR) is 76.5 cm³/mol. The van der Waals surface area contributed by atoms with Crippen molar-refractivity contribution in [2.24, 2.45) is 11.3 Å². The number of hydrogen-bond donors (Lipinski definition) is 2. The first kappa shape index (κ1) is 15.8. The van der Waals surface area contributed by atoms with E-state index in [2.05, 4.69) is 5.32 Å². The molecule has 1 saturated heterocycles. The third-order valence-corrected chi connectivity index (χ3v) is 4.90. The van der Waals surface area contributed by atoms with E-state index in [9.17, 15) is 19.5 Å². The summed E-state index contributed by atoms with van der Waals surface area (Å²) in [6.07, 6.45) is 4.57. The Morgan fingerprint density at radius 2 is 1.90 bits per heavy atom. The van der Waals surface area contributed by atoms with Gasteiger partial charge in [0, 0.05) is 26.6 Å². The number of amides is 2. The highest BCUT2D eigenvalue weighted by atomic mass is 16.4. The second kappa shape index (κ2) is 6.45. The number of likely N-dealkylation sites (tertiary alicyclic amines) is 1. The molecule has 2 aliphatic rings. The number of carbonyl (C=O) groups is 3. The lowest BCUT2D eigenvalue weighted by Crippen LogP contribution is -2.46. The van der Waals surface area contributed by atoms with Crippen molar-refractivity contribution in [3.05, 3.63) is 0 Å². The Bertz CT molecular complexity index is 429. The second-order valence-corrected chi connectivity index (χ2v) is 6.26. The van der Waals surface area contributed by atoms with Crippen LogP contribution in [0.25, 0.3) is 0 Å². The van der Waals surface area contributed by atoms with E-state index < -0.39 is 11.4 Å². The van der Waals surface area contributed by atoms with Crippen LogP contribution in [0.1, 0.15) is 44.9 Å². The van der Waals surface area contributed by atoms with Gasteiger partial charge >= 0.3 is 5.97 Å². The number of carbonyl (C=O) groups excluding carboxylic acids is 2. The van der Waals surface area contributed by atoms with E-state index >= 15 is 0 Å². The normalized spacial score (nSPS) is 24.6. The lowest BCUT2D eigenvalue weighted by Gasteiger charge is -2.34. The van der Waals surface area contributed by atoms with E-state index in [4.69, 9.17) is 0 Å². The molecule has 118 valence electrons. The van der Waals surface area contributed by atoms with Crippen LogP contribution in [0.2, 0.25) is 0 Å². The number of piperidine rings is 1.